The molecule has 1 rings (SSSR count). The van der Waals surface area contributed by atoms with E-state index < -0.39 is 17.0 Å². The molecule has 0 amide bonds. The van der Waals surface area contributed by atoms with Gasteiger partial charge < -0.3 is 9.84 Å². The number of ether oxygens (including phenoxy) is 1. The van der Waals surface area contributed by atoms with E-state index in [1.54, 1.807) is 13.8 Å². The van der Waals surface area contributed by atoms with Crippen molar-refractivity contribution in [1.82, 2.24) is 0 Å². The van der Waals surface area contributed by atoms with Gasteiger partial charge in [0.1, 0.15) is 0 Å². The summed E-state index contributed by atoms with van der Waals surface area (Å²) in [6, 6.07) is 1.42. The highest BCUT2D eigenvalue weighted by atomic mass is 79.9. The van der Waals surface area contributed by atoms with Crippen molar-refractivity contribution in [3.05, 3.63) is 27.7 Å². The Morgan fingerprint density at radius 3 is 2.38 bits per heavy atom. The lowest BCUT2D eigenvalue weighted by Gasteiger charge is -2.25. The van der Waals surface area contributed by atoms with Crippen molar-refractivity contribution in [2.24, 2.45) is 0 Å². The van der Waals surface area contributed by atoms with Crippen molar-refractivity contribution >= 4 is 15.9 Å². The zero-order chi connectivity index (χ0) is 12.5. The predicted octanol–water partition coefficient (Wildman–Crippen LogP) is 3.01. The standard InChI is InChI=1S/C11H13BrF2O2/c1-11(2,5-15)6-4-7(12)8(13)9(14)10(6)16-3/h4,15H,5H2,1-3H3. The van der Waals surface area contributed by atoms with Crippen LogP contribution < -0.4 is 4.74 Å². The van der Waals surface area contributed by atoms with Crippen LogP contribution in [-0.4, -0.2) is 18.8 Å². The molecule has 0 unspecified atom stereocenters. The molecule has 16 heavy (non-hydrogen) atoms. The lowest BCUT2D eigenvalue weighted by molar-refractivity contribution is 0.213. The van der Waals surface area contributed by atoms with E-state index in [0.29, 0.717) is 5.56 Å². The van der Waals surface area contributed by atoms with Gasteiger partial charge in [0.05, 0.1) is 18.2 Å². The maximum Gasteiger partial charge on any atom is 0.202 e. The first kappa shape index (κ1) is 13.4. The fourth-order valence-electron chi connectivity index (χ4n) is 1.37. The van der Waals surface area contributed by atoms with Crippen LogP contribution in [0, 0.1) is 11.6 Å². The Balaban J connectivity index is 3.51. The van der Waals surface area contributed by atoms with Gasteiger partial charge in [-0.3, -0.25) is 0 Å². The van der Waals surface area contributed by atoms with Crippen molar-refractivity contribution in [1.29, 1.82) is 0 Å². The van der Waals surface area contributed by atoms with Crippen LogP contribution in [0.5, 0.6) is 5.75 Å². The minimum Gasteiger partial charge on any atom is -0.493 e. The summed E-state index contributed by atoms with van der Waals surface area (Å²) in [7, 11) is 1.27. The second-order valence-electron chi connectivity index (χ2n) is 4.11. The second kappa shape index (κ2) is 4.67. The third-order valence-corrected chi connectivity index (χ3v) is 3.02. The molecular formula is C11H13BrF2O2. The van der Waals surface area contributed by atoms with Crippen molar-refractivity contribution < 1.29 is 18.6 Å². The van der Waals surface area contributed by atoms with E-state index in [1.807, 2.05) is 0 Å². The van der Waals surface area contributed by atoms with Gasteiger partial charge in [-0.15, -0.1) is 0 Å². The summed E-state index contributed by atoms with van der Waals surface area (Å²) in [5.41, 5.74) is -0.286. The fraction of sp³-hybridized carbons (Fsp3) is 0.455. The van der Waals surface area contributed by atoms with Gasteiger partial charge in [-0.25, -0.2) is 4.39 Å². The first-order chi connectivity index (χ1) is 7.35. The van der Waals surface area contributed by atoms with E-state index in [0.717, 1.165) is 0 Å². The average Bonchev–Trinajstić information content (AvgIpc) is 2.25. The molecule has 0 heterocycles. The molecule has 0 atom stereocenters. The number of aliphatic hydroxyl groups excluding tert-OH is 1. The molecule has 0 saturated heterocycles. The lowest BCUT2D eigenvalue weighted by atomic mass is 9.85. The largest absolute Gasteiger partial charge is 0.493 e. The van der Waals surface area contributed by atoms with Crippen LogP contribution in [-0.2, 0) is 5.41 Å². The van der Waals surface area contributed by atoms with Gasteiger partial charge >= 0.3 is 0 Å². The molecule has 1 N–H and O–H groups in total. The summed E-state index contributed by atoms with van der Waals surface area (Å²) in [5, 5.41) is 9.23. The molecular weight excluding hydrogens is 282 g/mol. The summed E-state index contributed by atoms with van der Waals surface area (Å²) in [5.74, 6) is -2.21. The third kappa shape index (κ3) is 2.20. The van der Waals surface area contributed by atoms with Crippen molar-refractivity contribution in [2.45, 2.75) is 19.3 Å². The topological polar surface area (TPSA) is 29.5 Å². The Morgan fingerprint density at radius 1 is 1.38 bits per heavy atom. The Labute approximate surface area is 101 Å². The van der Waals surface area contributed by atoms with Crippen LogP contribution in [0.4, 0.5) is 8.78 Å². The van der Waals surface area contributed by atoms with Crippen LogP contribution in [0.25, 0.3) is 0 Å². The minimum absolute atomic E-state index is 0.0160. The molecule has 0 aliphatic rings. The van der Waals surface area contributed by atoms with Gasteiger partial charge in [-0.1, -0.05) is 13.8 Å². The van der Waals surface area contributed by atoms with Gasteiger partial charge in [-0.2, -0.15) is 4.39 Å². The normalized spacial score (nSPS) is 11.7. The monoisotopic (exact) mass is 294 g/mol. The van der Waals surface area contributed by atoms with Gasteiger partial charge in [0.15, 0.2) is 11.6 Å². The predicted molar refractivity (Wildman–Crippen MR) is 60.7 cm³/mol. The van der Waals surface area contributed by atoms with E-state index in [4.69, 9.17) is 4.74 Å². The van der Waals surface area contributed by atoms with Gasteiger partial charge in [0.2, 0.25) is 5.82 Å². The van der Waals surface area contributed by atoms with Crippen LogP contribution >= 0.6 is 15.9 Å². The zero-order valence-electron chi connectivity index (χ0n) is 9.27. The smallest absolute Gasteiger partial charge is 0.202 e. The summed E-state index contributed by atoms with van der Waals surface area (Å²) in [4.78, 5) is 0. The summed E-state index contributed by atoms with van der Waals surface area (Å²) in [6.45, 7) is 3.24. The maximum atomic E-state index is 13.6. The molecule has 5 heteroatoms. The highest BCUT2D eigenvalue weighted by molar-refractivity contribution is 9.10. The first-order valence-electron chi connectivity index (χ1n) is 4.68. The molecule has 0 spiro atoms. The number of hydrogen-bond acceptors (Lipinski definition) is 2. The molecule has 2 nitrogen and oxygen atoms in total. The Hall–Kier alpha value is -0.680. The molecule has 0 aliphatic heterocycles. The van der Waals surface area contributed by atoms with Gasteiger partial charge in [0, 0.05) is 11.0 Å². The summed E-state index contributed by atoms with van der Waals surface area (Å²) >= 11 is 2.93. The SMILES string of the molecule is COc1c(C(C)(C)CO)cc(Br)c(F)c1F. The minimum atomic E-state index is -1.05. The molecule has 0 aromatic heterocycles. The Bertz CT molecular complexity index is 405. The number of hydrogen-bond donors (Lipinski definition) is 1. The highest BCUT2D eigenvalue weighted by Crippen LogP contribution is 2.37. The van der Waals surface area contributed by atoms with E-state index in [2.05, 4.69) is 15.9 Å². The fourth-order valence-corrected chi connectivity index (χ4v) is 1.77. The first-order valence-corrected chi connectivity index (χ1v) is 5.47. The number of halogens is 3. The molecule has 90 valence electrons. The molecule has 0 bridgehead atoms. The molecule has 1 aromatic carbocycles. The van der Waals surface area contributed by atoms with Crippen molar-refractivity contribution in [3.63, 3.8) is 0 Å². The molecule has 0 fully saturated rings. The molecule has 1 aromatic rings. The van der Waals surface area contributed by atoms with Crippen LogP contribution in [0.2, 0.25) is 0 Å². The Kier molecular flexibility index (Phi) is 3.91. The van der Waals surface area contributed by atoms with Crippen LogP contribution in [0.3, 0.4) is 0 Å². The highest BCUT2D eigenvalue weighted by Gasteiger charge is 2.28. The van der Waals surface area contributed by atoms with Gasteiger partial charge in [0.25, 0.3) is 0 Å². The number of methoxy groups -OCH3 is 1. The zero-order valence-corrected chi connectivity index (χ0v) is 10.9. The van der Waals surface area contributed by atoms with Crippen LogP contribution in [0.1, 0.15) is 19.4 Å². The van der Waals surface area contributed by atoms with Crippen molar-refractivity contribution in [2.75, 3.05) is 13.7 Å². The van der Waals surface area contributed by atoms with Gasteiger partial charge in [-0.05, 0) is 22.0 Å². The van der Waals surface area contributed by atoms with Crippen molar-refractivity contribution in [3.8, 4) is 5.75 Å². The summed E-state index contributed by atoms with van der Waals surface area (Å²) in [6.07, 6.45) is 0. The number of rotatable bonds is 3. The van der Waals surface area contributed by atoms with E-state index >= 15 is 0 Å². The maximum absolute atomic E-state index is 13.6. The molecule has 0 radical (unpaired) electrons. The van der Waals surface area contributed by atoms with E-state index in [9.17, 15) is 13.9 Å². The Morgan fingerprint density at radius 2 is 1.94 bits per heavy atom. The van der Waals surface area contributed by atoms with E-state index in [-0.39, 0.29) is 16.8 Å². The quantitative estimate of drug-likeness (QED) is 0.869. The average molecular weight is 295 g/mol. The van der Waals surface area contributed by atoms with Crippen LogP contribution in [0.15, 0.2) is 10.5 Å². The lowest BCUT2D eigenvalue weighted by Crippen LogP contribution is -2.23. The summed E-state index contributed by atoms with van der Waals surface area (Å²) < 4.78 is 31.7. The molecule has 0 saturated carbocycles. The number of benzene rings is 1. The van der Waals surface area contributed by atoms with E-state index in [1.165, 1.54) is 13.2 Å². The second-order valence-corrected chi connectivity index (χ2v) is 4.96. The molecule has 0 aliphatic carbocycles. The number of aliphatic hydroxyl groups is 1. The third-order valence-electron chi connectivity index (χ3n) is 2.45.